The molecule has 1 aliphatic carbocycles. The first-order chi connectivity index (χ1) is 14.8. The highest BCUT2D eigenvalue weighted by atomic mass is 19.1. The Hall–Kier alpha value is -3.29. The van der Waals surface area contributed by atoms with Gasteiger partial charge in [-0.1, -0.05) is 18.2 Å². The fourth-order valence-corrected chi connectivity index (χ4v) is 3.63. The van der Waals surface area contributed by atoms with Gasteiger partial charge in [0.1, 0.15) is 17.3 Å². The number of carbonyl (C=O) groups excluding carboxylic acids is 1. The van der Waals surface area contributed by atoms with Crippen molar-refractivity contribution in [2.45, 2.75) is 38.6 Å². The zero-order valence-electron chi connectivity index (χ0n) is 17.9. The maximum Gasteiger partial charge on any atom is 0.238 e. The van der Waals surface area contributed by atoms with Gasteiger partial charge in [0.15, 0.2) is 11.7 Å². The van der Waals surface area contributed by atoms with Crippen molar-refractivity contribution in [2.75, 3.05) is 18.6 Å². The topological polar surface area (TPSA) is 91.2 Å². The maximum atomic E-state index is 13.8. The third-order valence-electron chi connectivity index (χ3n) is 5.76. The minimum absolute atomic E-state index is 0.0204. The highest BCUT2D eigenvalue weighted by Gasteiger charge is 2.46. The molecule has 0 spiro atoms. The Labute approximate surface area is 180 Å². The predicted octanol–water partition coefficient (Wildman–Crippen LogP) is 3.30. The lowest BCUT2D eigenvalue weighted by molar-refractivity contribution is -0.122. The number of rotatable bonds is 8. The molecule has 1 saturated carbocycles. The van der Waals surface area contributed by atoms with Crippen molar-refractivity contribution < 1.29 is 13.9 Å². The summed E-state index contributed by atoms with van der Waals surface area (Å²) in [6.45, 7) is 4.63. The number of anilines is 1. The summed E-state index contributed by atoms with van der Waals surface area (Å²) in [4.78, 5) is 23.6. The molecule has 1 aromatic heterocycles. The van der Waals surface area contributed by atoms with Crippen LogP contribution in [0.5, 0.6) is 0 Å². The molecule has 1 aromatic carbocycles. The van der Waals surface area contributed by atoms with E-state index in [-0.39, 0.29) is 29.8 Å². The molecule has 2 N–H and O–H groups in total. The van der Waals surface area contributed by atoms with Crippen LogP contribution in [-0.4, -0.2) is 35.2 Å². The average molecular weight is 423 g/mol. The van der Waals surface area contributed by atoms with Crippen LogP contribution in [0.3, 0.4) is 0 Å². The summed E-state index contributed by atoms with van der Waals surface area (Å²) in [5, 5.41) is 11.4. The summed E-state index contributed by atoms with van der Waals surface area (Å²) < 4.78 is 19.1. The molecule has 162 valence electrons. The molecule has 2 aromatic rings. The average Bonchev–Trinajstić information content (AvgIpc) is 3.56. The van der Waals surface area contributed by atoms with E-state index in [4.69, 9.17) is 10.1 Å². The van der Waals surface area contributed by atoms with Gasteiger partial charge in [0, 0.05) is 36.5 Å². The molecule has 2 aliphatic rings. The fourth-order valence-electron chi connectivity index (χ4n) is 3.63. The van der Waals surface area contributed by atoms with Gasteiger partial charge in [-0.3, -0.25) is 15.1 Å². The highest BCUT2D eigenvalue weighted by molar-refractivity contribution is 6.08. The minimum Gasteiger partial charge on any atom is -0.482 e. The van der Waals surface area contributed by atoms with E-state index in [9.17, 15) is 9.18 Å². The van der Waals surface area contributed by atoms with Crippen molar-refractivity contribution in [3.8, 4) is 0 Å². The number of fused-ring (bicyclic) bond motifs is 1. The number of amides is 1. The second kappa shape index (κ2) is 8.09. The predicted molar refractivity (Wildman–Crippen MR) is 115 cm³/mol. The van der Waals surface area contributed by atoms with Crippen LogP contribution in [0.25, 0.3) is 0 Å². The molecule has 1 amide bonds. The largest absolute Gasteiger partial charge is 0.482 e. The molecule has 0 unspecified atom stereocenters. The van der Waals surface area contributed by atoms with Gasteiger partial charge in [0.2, 0.25) is 5.91 Å². The Morgan fingerprint density at radius 3 is 2.81 bits per heavy atom. The van der Waals surface area contributed by atoms with Gasteiger partial charge in [-0.25, -0.2) is 14.4 Å². The van der Waals surface area contributed by atoms with Gasteiger partial charge in [0.25, 0.3) is 0 Å². The summed E-state index contributed by atoms with van der Waals surface area (Å²) in [5.41, 5.74) is 0.620. The number of hydrogen-bond donors (Lipinski definition) is 2. The van der Waals surface area contributed by atoms with Crippen molar-refractivity contribution in [3.63, 3.8) is 0 Å². The lowest BCUT2D eigenvalue weighted by atomic mass is 9.88. The Bertz CT molecular complexity index is 1060. The summed E-state index contributed by atoms with van der Waals surface area (Å²) in [5.74, 6) is 1.31. The van der Waals surface area contributed by atoms with E-state index in [0.29, 0.717) is 29.7 Å². The molecule has 31 heavy (non-hydrogen) atoms. The van der Waals surface area contributed by atoms with E-state index >= 15 is 0 Å². The number of hydrogen-bond acceptors (Lipinski definition) is 6. The fraction of sp³-hybridized carbons (Fsp3) is 0.391. The SMILES string of the molecule is CO/C(=C/C(=N)c1ncc2c(n1)N(CC1CC1)C(=O)C2(C)C)NCc1ccccc1F. The van der Waals surface area contributed by atoms with Crippen LogP contribution >= 0.6 is 0 Å². The number of carbonyl (C=O) groups is 1. The summed E-state index contributed by atoms with van der Waals surface area (Å²) >= 11 is 0. The zero-order chi connectivity index (χ0) is 22.2. The quantitative estimate of drug-likeness (QED) is 0.502. The number of ether oxygens (including phenoxy) is 1. The molecular formula is C23H26FN5O2. The molecule has 1 aliphatic heterocycles. The lowest BCUT2D eigenvalue weighted by Gasteiger charge is -2.19. The first-order valence-electron chi connectivity index (χ1n) is 10.3. The number of benzene rings is 1. The highest BCUT2D eigenvalue weighted by Crippen LogP contribution is 2.42. The standard InChI is InChI=1S/C23H26FN5O2/c1-23(2)16-12-27-20(28-21(16)29(22(23)30)13-14-8-9-14)18(25)10-19(31-3)26-11-15-6-4-5-7-17(15)24/h4-7,10,12,14,25-26H,8-9,11,13H2,1-3H3/b19-10+,25-18?. The number of nitrogens with zero attached hydrogens (tertiary/aromatic N) is 3. The van der Waals surface area contributed by atoms with E-state index in [1.807, 2.05) is 13.8 Å². The Balaban J connectivity index is 1.55. The van der Waals surface area contributed by atoms with Gasteiger partial charge in [-0.2, -0.15) is 0 Å². The Morgan fingerprint density at radius 1 is 1.39 bits per heavy atom. The molecule has 1 fully saturated rings. The van der Waals surface area contributed by atoms with Gasteiger partial charge < -0.3 is 10.1 Å². The molecular weight excluding hydrogens is 397 g/mol. The van der Waals surface area contributed by atoms with E-state index in [1.54, 1.807) is 29.3 Å². The van der Waals surface area contributed by atoms with E-state index in [2.05, 4.69) is 15.3 Å². The number of methoxy groups -OCH3 is 1. The first-order valence-corrected chi connectivity index (χ1v) is 10.3. The minimum atomic E-state index is -0.681. The van der Waals surface area contributed by atoms with Crippen LogP contribution in [0.15, 0.2) is 42.4 Å². The molecule has 2 heterocycles. The van der Waals surface area contributed by atoms with Gasteiger partial charge in [-0.15, -0.1) is 0 Å². The van der Waals surface area contributed by atoms with Crippen molar-refractivity contribution in [2.24, 2.45) is 5.92 Å². The van der Waals surface area contributed by atoms with Crippen LogP contribution < -0.4 is 10.2 Å². The third kappa shape index (κ3) is 4.15. The lowest BCUT2D eigenvalue weighted by Crippen LogP contribution is -2.37. The number of nitrogens with one attached hydrogen (secondary N) is 2. The molecule has 8 heteroatoms. The molecule has 4 rings (SSSR count). The van der Waals surface area contributed by atoms with Crippen LogP contribution in [0, 0.1) is 17.1 Å². The van der Waals surface area contributed by atoms with E-state index < -0.39 is 5.41 Å². The maximum absolute atomic E-state index is 13.8. The van der Waals surface area contributed by atoms with E-state index in [1.165, 1.54) is 19.3 Å². The Morgan fingerprint density at radius 2 is 2.13 bits per heavy atom. The summed E-state index contributed by atoms with van der Waals surface area (Å²) in [6.07, 6.45) is 5.35. The monoisotopic (exact) mass is 423 g/mol. The van der Waals surface area contributed by atoms with Gasteiger partial charge in [-0.05, 0) is 38.7 Å². The zero-order valence-corrected chi connectivity index (χ0v) is 17.9. The van der Waals surface area contributed by atoms with Crippen molar-refractivity contribution >= 4 is 17.4 Å². The van der Waals surface area contributed by atoms with Crippen LogP contribution in [-0.2, 0) is 21.5 Å². The normalized spacial score (nSPS) is 17.5. The number of halogens is 1. The van der Waals surface area contributed by atoms with Crippen molar-refractivity contribution in [1.29, 1.82) is 5.41 Å². The molecule has 0 bridgehead atoms. The van der Waals surface area contributed by atoms with Crippen molar-refractivity contribution in [3.05, 3.63) is 65.2 Å². The van der Waals surface area contributed by atoms with E-state index in [0.717, 1.165) is 18.4 Å². The van der Waals surface area contributed by atoms with Crippen molar-refractivity contribution in [1.82, 2.24) is 15.3 Å². The molecule has 7 nitrogen and oxygen atoms in total. The third-order valence-corrected chi connectivity index (χ3v) is 5.76. The number of allylic oxidation sites excluding steroid dienone is 1. The molecule has 0 radical (unpaired) electrons. The van der Waals surface area contributed by atoms with Gasteiger partial charge >= 0.3 is 0 Å². The number of aromatic nitrogens is 2. The molecule has 0 saturated heterocycles. The smallest absolute Gasteiger partial charge is 0.238 e. The Kier molecular flexibility index (Phi) is 5.47. The second-order valence-corrected chi connectivity index (χ2v) is 8.49. The second-order valence-electron chi connectivity index (χ2n) is 8.49. The van der Waals surface area contributed by atoms with Crippen LogP contribution in [0.2, 0.25) is 0 Å². The van der Waals surface area contributed by atoms with Crippen LogP contribution in [0.4, 0.5) is 10.2 Å². The first kappa shape index (κ1) is 21.0. The summed E-state index contributed by atoms with van der Waals surface area (Å²) in [7, 11) is 1.47. The molecule has 0 atom stereocenters. The van der Waals surface area contributed by atoms with Crippen LogP contribution in [0.1, 0.15) is 43.6 Å². The van der Waals surface area contributed by atoms with Gasteiger partial charge in [0.05, 0.1) is 12.5 Å². The summed E-state index contributed by atoms with van der Waals surface area (Å²) in [6, 6.07) is 6.46.